The summed E-state index contributed by atoms with van der Waals surface area (Å²) in [6.45, 7) is 7.52. The Bertz CT molecular complexity index is 903. The van der Waals surface area contributed by atoms with Gasteiger partial charge in [-0.3, -0.25) is 14.6 Å². The molecule has 1 atom stereocenters. The number of ketones is 1. The number of pyridine rings is 1. The van der Waals surface area contributed by atoms with E-state index in [-0.39, 0.29) is 24.5 Å². The molecule has 0 aliphatic rings. The summed E-state index contributed by atoms with van der Waals surface area (Å²) in [7, 11) is 0. The van der Waals surface area contributed by atoms with E-state index in [1.165, 1.54) is 6.20 Å². The van der Waals surface area contributed by atoms with E-state index in [9.17, 15) is 14.4 Å². The number of benzene rings is 1. The summed E-state index contributed by atoms with van der Waals surface area (Å²) in [6.07, 6.45) is 0.312. The van der Waals surface area contributed by atoms with Crippen molar-refractivity contribution in [1.82, 2.24) is 15.6 Å². The van der Waals surface area contributed by atoms with Crippen molar-refractivity contribution in [3.05, 3.63) is 65.0 Å². The van der Waals surface area contributed by atoms with Crippen LogP contribution in [0, 0.1) is 6.92 Å². The number of hydrogen-bond donors (Lipinski definition) is 3. The van der Waals surface area contributed by atoms with Gasteiger partial charge in [0.15, 0.2) is 5.78 Å². The van der Waals surface area contributed by atoms with Gasteiger partial charge >= 0.3 is 6.09 Å². The number of nitrogens with one attached hydrogen (secondary N) is 2. The van der Waals surface area contributed by atoms with Gasteiger partial charge in [0, 0.05) is 11.7 Å². The van der Waals surface area contributed by atoms with Crippen LogP contribution >= 0.6 is 0 Å². The van der Waals surface area contributed by atoms with Crippen LogP contribution in [0.3, 0.4) is 0 Å². The van der Waals surface area contributed by atoms with Gasteiger partial charge in [0.25, 0.3) is 5.91 Å². The topological polar surface area (TPSA) is 108 Å². The molecule has 0 fully saturated rings. The van der Waals surface area contributed by atoms with Crippen LogP contribution in [0.5, 0.6) is 0 Å². The first-order valence-corrected chi connectivity index (χ1v) is 9.39. The highest BCUT2D eigenvalue weighted by Crippen LogP contribution is 2.13. The van der Waals surface area contributed by atoms with Gasteiger partial charge in [-0.1, -0.05) is 29.8 Å². The predicted molar refractivity (Wildman–Crippen MR) is 110 cm³/mol. The summed E-state index contributed by atoms with van der Waals surface area (Å²) in [5.74, 6) is -0.674. The number of hydrogen-bond acceptors (Lipinski definition) is 4. The lowest BCUT2D eigenvalue weighted by Gasteiger charge is -2.21. The molecule has 1 heterocycles. The standard InChI is InChI=1S/C22H27N3O4/c1-14-7-5-8-15(11-14)12-18(24-21(28)29)19(26)13-17-16(9-6-10-23-17)20(27)25-22(2,3)4/h5-11,18,24H,12-13H2,1-4H3,(H,25,27)(H,28,29). The molecule has 0 saturated carbocycles. The Balaban J connectivity index is 2.23. The van der Waals surface area contributed by atoms with Crippen LogP contribution in [0.2, 0.25) is 0 Å². The van der Waals surface area contributed by atoms with E-state index in [4.69, 9.17) is 5.11 Å². The average molecular weight is 397 g/mol. The number of amides is 2. The Morgan fingerprint density at radius 2 is 1.86 bits per heavy atom. The molecule has 3 N–H and O–H groups in total. The van der Waals surface area contributed by atoms with Crippen LogP contribution in [0.15, 0.2) is 42.6 Å². The van der Waals surface area contributed by atoms with E-state index in [0.717, 1.165) is 11.1 Å². The molecule has 154 valence electrons. The second-order valence-corrected chi connectivity index (χ2v) is 8.04. The van der Waals surface area contributed by atoms with Gasteiger partial charge in [-0.15, -0.1) is 0 Å². The Kier molecular flexibility index (Phi) is 7.09. The summed E-state index contributed by atoms with van der Waals surface area (Å²) in [5, 5.41) is 14.3. The van der Waals surface area contributed by atoms with Crippen molar-refractivity contribution in [1.29, 1.82) is 0 Å². The van der Waals surface area contributed by atoms with E-state index >= 15 is 0 Å². The average Bonchev–Trinajstić information content (AvgIpc) is 2.59. The van der Waals surface area contributed by atoms with Gasteiger partial charge in [0.2, 0.25) is 0 Å². The third-order valence-corrected chi connectivity index (χ3v) is 4.17. The number of aryl methyl sites for hydroxylation is 1. The minimum Gasteiger partial charge on any atom is -0.465 e. The van der Waals surface area contributed by atoms with E-state index in [1.54, 1.807) is 12.1 Å². The van der Waals surface area contributed by atoms with E-state index < -0.39 is 17.7 Å². The van der Waals surface area contributed by atoms with Gasteiger partial charge in [0.1, 0.15) is 0 Å². The monoisotopic (exact) mass is 397 g/mol. The number of nitrogens with zero attached hydrogens (tertiary/aromatic N) is 1. The van der Waals surface area contributed by atoms with E-state index in [0.29, 0.717) is 11.3 Å². The lowest BCUT2D eigenvalue weighted by molar-refractivity contribution is -0.120. The molecule has 2 rings (SSSR count). The summed E-state index contributed by atoms with van der Waals surface area (Å²) in [5.41, 5.74) is 2.06. The summed E-state index contributed by atoms with van der Waals surface area (Å²) in [6, 6.07) is 9.85. The third-order valence-electron chi connectivity index (χ3n) is 4.17. The van der Waals surface area contributed by atoms with Crippen LogP contribution in [0.1, 0.15) is 48.0 Å². The Morgan fingerprint density at radius 1 is 1.14 bits per heavy atom. The van der Waals surface area contributed by atoms with Crippen LogP contribution in [-0.2, 0) is 17.6 Å². The fourth-order valence-electron chi connectivity index (χ4n) is 2.95. The number of rotatable bonds is 7. The smallest absolute Gasteiger partial charge is 0.405 e. The highest BCUT2D eigenvalue weighted by Gasteiger charge is 2.25. The Hall–Kier alpha value is -3.22. The molecule has 0 aliphatic carbocycles. The molecule has 0 radical (unpaired) electrons. The molecule has 2 amide bonds. The maximum Gasteiger partial charge on any atom is 0.405 e. The molecule has 0 saturated heterocycles. The highest BCUT2D eigenvalue weighted by molar-refractivity contribution is 5.98. The summed E-state index contributed by atoms with van der Waals surface area (Å²) < 4.78 is 0. The Labute approximate surface area is 170 Å². The largest absolute Gasteiger partial charge is 0.465 e. The van der Waals surface area contributed by atoms with Crippen LogP contribution < -0.4 is 10.6 Å². The summed E-state index contributed by atoms with van der Waals surface area (Å²) >= 11 is 0. The van der Waals surface area contributed by atoms with Gasteiger partial charge < -0.3 is 15.7 Å². The van der Waals surface area contributed by atoms with Gasteiger partial charge in [-0.2, -0.15) is 0 Å². The summed E-state index contributed by atoms with van der Waals surface area (Å²) in [4.78, 5) is 40.9. The molecule has 2 aromatic rings. The zero-order valence-electron chi connectivity index (χ0n) is 17.2. The fraction of sp³-hybridized carbons (Fsp3) is 0.364. The van der Waals surface area contributed by atoms with Gasteiger partial charge in [0.05, 0.1) is 23.7 Å². The number of aromatic nitrogens is 1. The first-order chi connectivity index (χ1) is 13.5. The normalized spacial score (nSPS) is 12.1. The first-order valence-electron chi connectivity index (χ1n) is 9.39. The van der Waals surface area contributed by atoms with Crippen molar-refractivity contribution in [3.8, 4) is 0 Å². The van der Waals surface area contributed by atoms with Crippen molar-refractivity contribution in [2.45, 2.75) is 52.1 Å². The number of carbonyl (C=O) groups excluding carboxylic acids is 2. The van der Waals surface area contributed by atoms with Crippen molar-refractivity contribution in [2.24, 2.45) is 0 Å². The van der Waals surface area contributed by atoms with Crippen LogP contribution in [0.4, 0.5) is 4.79 Å². The minimum absolute atomic E-state index is 0.148. The molecule has 7 nitrogen and oxygen atoms in total. The predicted octanol–water partition coefficient (Wildman–Crippen LogP) is 2.91. The highest BCUT2D eigenvalue weighted by atomic mass is 16.4. The Morgan fingerprint density at radius 3 is 2.48 bits per heavy atom. The zero-order chi connectivity index (χ0) is 21.6. The van der Waals surface area contributed by atoms with Crippen molar-refractivity contribution in [2.75, 3.05) is 0 Å². The fourth-order valence-corrected chi connectivity index (χ4v) is 2.95. The van der Waals surface area contributed by atoms with Crippen LogP contribution in [0.25, 0.3) is 0 Å². The molecular weight excluding hydrogens is 370 g/mol. The van der Waals surface area contributed by atoms with Crippen molar-refractivity contribution < 1.29 is 19.5 Å². The zero-order valence-corrected chi connectivity index (χ0v) is 17.2. The molecule has 1 aromatic carbocycles. The quantitative estimate of drug-likeness (QED) is 0.666. The molecule has 0 bridgehead atoms. The molecule has 1 unspecified atom stereocenters. The SMILES string of the molecule is Cc1cccc(CC(NC(=O)O)C(=O)Cc2ncccc2C(=O)NC(C)(C)C)c1. The maximum absolute atomic E-state index is 12.9. The lowest BCUT2D eigenvalue weighted by Crippen LogP contribution is -2.43. The van der Waals surface area contributed by atoms with Gasteiger partial charge in [-0.25, -0.2) is 4.79 Å². The molecule has 7 heteroatoms. The maximum atomic E-state index is 12.9. The lowest BCUT2D eigenvalue weighted by atomic mass is 9.97. The molecule has 29 heavy (non-hydrogen) atoms. The second-order valence-electron chi connectivity index (χ2n) is 8.04. The van der Waals surface area contributed by atoms with Gasteiger partial charge in [-0.05, 0) is 51.8 Å². The van der Waals surface area contributed by atoms with Crippen LogP contribution in [-0.4, -0.2) is 39.5 Å². The molecule has 0 spiro atoms. The molecule has 0 aliphatic heterocycles. The van der Waals surface area contributed by atoms with E-state index in [1.807, 2.05) is 52.0 Å². The van der Waals surface area contributed by atoms with Crippen molar-refractivity contribution >= 4 is 17.8 Å². The number of carboxylic acid groups (broad SMARTS) is 1. The first kappa shape index (κ1) is 22.1. The third kappa shape index (κ3) is 7.03. The minimum atomic E-state index is -1.28. The molecule has 1 aromatic heterocycles. The van der Waals surface area contributed by atoms with E-state index in [2.05, 4.69) is 15.6 Å². The van der Waals surface area contributed by atoms with Crippen molar-refractivity contribution in [3.63, 3.8) is 0 Å². The number of Topliss-reactive ketones (excluding diaryl/α,β-unsaturated/α-hetero) is 1. The molecular formula is C22H27N3O4. The second kappa shape index (κ2) is 9.32. The number of carbonyl (C=O) groups is 3.